The van der Waals surface area contributed by atoms with Crippen molar-refractivity contribution in [3.63, 3.8) is 0 Å². The van der Waals surface area contributed by atoms with Crippen molar-refractivity contribution >= 4 is 11.4 Å². The Kier molecular flexibility index (Phi) is 5.58. The number of nitrogen functional groups attached to an aromatic ring is 2. The van der Waals surface area contributed by atoms with Gasteiger partial charge in [-0.25, -0.2) is 0 Å². The quantitative estimate of drug-likeness (QED) is 0.442. The molecule has 26 heavy (non-hydrogen) atoms. The van der Waals surface area contributed by atoms with Gasteiger partial charge in [0.25, 0.3) is 0 Å². The zero-order chi connectivity index (χ0) is 19.5. The molecule has 0 aliphatic rings. The molecule has 2 aromatic rings. The number of alkyl halides is 6. The fourth-order valence-corrected chi connectivity index (χ4v) is 2.42. The highest BCUT2D eigenvalue weighted by Crippen LogP contribution is 2.37. The molecule has 0 aromatic heterocycles. The maximum absolute atomic E-state index is 13.0. The third-order valence-corrected chi connectivity index (χ3v) is 3.60. The Morgan fingerprint density at radius 1 is 0.769 bits per heavy atom. The van der Waals surface area contributed by atoms with Crippen molar-refractivity contribution in [3.8, 4) is 5.75 Å². The van der Waals surface area contributed by atoms with Crippen LogP contribution in [0.3, 0.4) is 0 Å². The van der Waals surface area contributed by atoms with E-state index in [9.17, 15) is 26.3 Å². The summed E-state index contributed by atoms with van der Waals surface area (Å²) in [5.41, 5.74) is 8.76. The molecule has 3 nitrogen and oxygen atoms in total. The van der Waals surface area contributed by atoms with E-state index >= 15 is 0 Å². The van der Waals surface area contributed by atoms with Gasteiger partial charge in [-0.05, 0) is 48.7 Å². The molecule has 0 atom stereocenters. The molecule has 0 unspecified atom stereocenters. The molecule has 0 radical (unpaired) electrons. The van der Waals surface area contributed by atoms with Crippen molar-refractivity contribution in [2.45, 2.75) is 25.2 Å². The topological polar surface area (TPSA) is 61.3 Å². The molecule has 0 saturated heterocycles. The lowest BCUT2D eigenvalue weighted by Gasteiger charge is -2.16. The van der Waals surface area contributed by atoms with Crippen molar-refractivity contribution in [1.29, 1.82) is 0 Å². The van der Waals surface area contributed by atoms with Crippen LogP contribution >= 0.6 is 0 Å². The van der Waals surface area contributed by atoms with E-state index in [0.717, 1.165) is 18.2 Å². The van der Waals surface area contributed by atoms with Gasteiger partial charge >= 0.3 is 12.4 Å². The zero-order valence-corrected chi connectivity index (χ0v) is 13.4. The number of anilines is 2. The Hall–Kier alpha value is -2.58. The van der Waals surface area contributed by atoms with Crippen LogP contribution in [0.15, 0.2) is 36.4 Å². The lowest BCUT2D eigenvalue weighted by atomic mass is 10.0. The Balaban J connectivity index is 2.05. The molecule has 0 spiro atoms. The summed E-state index contributed by atoms with van der Waals surface area (Å²) in [7, 11) is 0. The van der Waals surface area contributed by atoms with Gasteiger partial charge in [0.05, 0.1) is 17.7 Å². The Morgan fingerprint density at radius 2 is 1.31 bits per heavy atom. The van der Waals surface area contributed by atoms with Crippen LogP contribution in [0.1, 0.15) is 23.1 Å². The zero-order valence-electron chi connectivity index (χ0n) is 13.4. The maximum atomic E-state index is 13.0. The average molecular weight is 378 g/mol. The van der Waals surface area contributed by atoms with Crippen LogP contribution in [0.5, 0.6) is 5.75 Å². The number of rotatable bonds is 5. The molecule has 142 valence electrons. The van der Waals surface area contributed by atoms with Crippen LogP contribution in [0, 0.1) is 0 Å². The minimum absolute atomic E-state index is 0.00338. The fraction of sp³-hybridized carbons (Fsp3) is 0.294. The summed E-state index contributed by atoms with van der Waals surface area (Å²) in [6.45, 7) is -0.186. The van der Waals surface area contributed by atoms with Gasteiger partial charge in [0.2, 0.25) is 0 Å². The van der Waals surface area contributed by atoms with E-state index in [1.54, 1.807) is 0 Å². The fourth-order valence-electron chi connectivity index (χ4n) is 2.42. The molecule has 0 aliphatic carbocycles. The average Bonchev–Trinajstić information content (AvgIpc) is 2.52. The van der Waals surface area contributed by atoms with E-state index in [4.69, 9.17) is 16.2 Å². The van der Waals surface area contributed by atoms with E-state index < -0.39 is 29.2 Å². The van der Waals surface area contributed by atoms with Gasteiger partial charge in [-0.15, -0.1) is 0 Å². The standard InChI is InChI=1S/C17H16F6N2O/c18-16(19,20)13-8-11(24)4-3-10(13)2-1-7-26-15-6-5-12(25)9-14(15)17(21,22)23/h3-6,8-9H,1-2,7,24-25H2. The number of hydrogen-bond donors (Lipinski definition) is 2. The van der Waals surface area contributed by atoms with Crippen LogP contribution in [-0.2, 0) is 18.8 Å². The maximum Gasteiger partial charge on any atom is 0.420 e. The molecule has 2 aromatic carbocycles. The van der Waals surface area contributed by atoms with Crippen molar-refractivity contribution in [2.75, 3.05) is 18.1 Å². The minimum atomic E-state index is -4.65. The molecule has 0 aliphatic heterocycles. The second-order valence-corrected chi connectivity index (χ2v) is 5.62. The molecular formula is C17H16F6N2O. The van der Waals surface area contributed by atoms with Gasteiger partial charge in [0.15, 0.2) is 0 Å². The van der Waals surface area contributed by atoms with E-state index in [2.05, 4.69) is 0 Å². The lowest BCUT2D eigenvalue weighted by Crippen LogP contribution is -2.12. The summed E-state index contributed by atoms with van der Waals surface area (Å²) in [5, 5.41) is 0. The Labute approximate surface area is 145 Å². The summed E-state index contributed by atoms with van der Waals surface area (Å²) < 4.78 is 83.0. The summed E-state index contributed by atoms with van der Waals surface area (Å²) in [4.78, 5) is 0. The van der Waals surface area contributed by atoms with Crippen molar-refractivity contribution < 1.29 is 31.1 Å². The molecule has 2 rings (SSSR count). The highest BCUT2D eigenvalue weighted by Gasteiger charge is 2.35. The SMILES string of the molecule is Nc1ccc(CCCOc2ccc(N)cc2C(F)(F)F)c(C(F)(F)F)c1. The normalized spacial score (nSPS) is 12.2. The predicted octanol–water partition coefficient (Wildman–Crippen LogP) is 4.90. The summed E-state index contributed by atoms with van der Waals surface area (Å²) in [6.07, 6.45) is -9.14. The predicted molar refractivity (Wildman–Crippen MR) is 85.5 cm³/mol. The number of ether oxygens (including phenoxy) is 1. The summed E-state index contributed by atoms with van der Waals surface area (Å²) in [6, 6.07) is 6.51. The first-order chi connectivity index (χ1) is 12.0. The van der Waals surface area contributed by atoms with E-state index in [1.807, 2.05) is 0 Å². The van der Waals surface area contributed by atoms with E-state index in [1.165, 1.54) is 18.2 Å². The van der Waals surface area contributed by atoms with Crippen molar-refractivity contribution in [2.24, 2.45) is 0 Å². The van der Waals surface area contributed by atoms with E-state index in [0.29, 0.717) is 0 Å². The monoisotopic (exact) mass is 378 g/mol. The van der Waals surface area contributed by atoms with Crippen LogP contribution in [0.4, 0.5) is 37.7 Å². The van der Waals surface area contributed by atoms with E-state index in [-0.39, 0.29) is 36.4 Å². The molecule has 0 amide bonds. The smallest absolute Gasteiger partial charge is 0.420 e. The third-order valence-electron chi connectivity index (χ3n) is 3.60. The van der Waals surface area contributed by atoms with Crippen LogP contribution in [0.25, 0.3) is 0 Å². The number of halogens is 6. The number of hydrogen-bond acceptors (Lipinski definition) is 3. The summed E-state index contributed by atoms with van der Waals surface area (Å²) in [5.74, 6) is -0.417. The highest BCUT2D eigenvalue weighted by molar-refractivity contribution is 5.49. The first-order valence-electron chi connectivity index (χ1n) is 7.53. The van der Waals surface area contributed by atoms with Crippen molar-refractivity contribution in [3.05, 3.63) is 53.1 Å². The van der Waals surface area contributed by atoms with Gasteiger partial charge < -0.3 is 16.2 Å². The minimum Gasteiger partial charge on any atom is -0.493 e. The Bertz CT molecular complexity index is 705. The molecule has 0 heterocycles. The molecule has 0 fully saturated rings. The molecular weight excluding hydrogens is 362 g/mol. The Morgan fingerprint density at radius 3 is 1.88 bits per heavy atom. The first-order valence-corrected chi connectivity index (χ1v) is 7.53. The molecule has 0 bridgehead atoms. The first kappa shape index (κ1) is 19.7. The second kappa shape index (κ2) is 7.35. The van der Waals surface area contributed by atoms with Gasteiger partial charge in [-0.1, -0.05) is 6.07 Å². The van der Waals surface area contributed by atoms with Gasteiger partial charge in [-0.2, -0.15) is 26.3 Å². The highest BCUT2D eigenvalue weighted by atomic mass is 19.4. The number of aryl methyl sites for hydroxylation is 1. The van der Waals surface area contributed by atoms with Crippen LogP contribution in [-0.4, -0.2) is 6.61 Å². The number of nitrogens with two attached hydrogens (primary N) is 2. The molecule has 4 N–H and O–H groups in total. The van der Waals surface area contributed by atoms with Crippen LogP contribution in [0.2, 0.25) is 0 Å². The van der Waals surface area contributed by atoms with Crippen molar-refractivity contribution in [1.82, 2.24) is 0 Å². The van der Waals surface area contributed by atoms with Gasteiger partial charge in [0, 0.05) is 11.4 Å². The van der Waals surface area contributed by atoms with Crippen LogP contribution < -0.4 is 16.2 Å². The summed E-state index contributed by atoms with van der Waals surface area (Å²) >= 11 is 0. The second-order valence-electron chi connectivity index (χ2n) is 5.62. The lowest BCUT2D eigenvalue weighted by molar-refractivity contribution is -0.139. The molecule has 0 saturated carbocycles. The number of benzene rings is 2. The largest absolute Gasteiger partial charge is 0.493 e. The van der Waals surface area contributed by atoms with Gasteiger partial charge in [0.1, 0.15) is 5.75 Å². The molecule has 9 heteroatoms. The van der Waals surface area contributed by atoms with Gasteiger partial charge in [-0.3, -0.25) is 0 Å². The third kappa shape index (κ3) is 4.96.